The van der Waals surface area contributed by atoms with Gasteiger partial charge in [-0.2, -0.15) is 0 Å². The molecule has 0 radical (unpaired) electrons. The Morgan fingerprint density at radius 3 is 1.55 bits per heavy atom. The van der Waals surface area contributed by atoms with Gasteiger partial charge < -0.3 is 28.6 Å². The minimum Gasteiger partial charge on any atom is -0.544 e. The van der Waals surface area contributed by atoms with E-state index in [1.54, 1.807) is 21.1 Å². The van der Waals surface area contributed by atoms with E-state index in [1.165, 1.54) is 0 Å². The minimum absolute atomic E-state index is 0.00768. The van der Waals surface area contributed by atoms with Crippen LogP contribution < -0.4 is 5.11 Å². The van der Waals surface area contributed by atoms with E-state index in [4.69, 9.17) is 14.2 Å². The Morgan fingerprint density at radius 1 is 0.534 bits per heavy atom. The smallest absolute Gasteiger partial charge is 0.306 e. The van der Waals surface area contributed by atoms with Gasteiger partial charge in [0.2, 0.25) is 0 Å². The first-order valence-electron chi connectivity index (χ1n) is 21.3. The molecule has 0 spiro atoms. The maximum Gasteiger partial charge on any atom is 0.306 e. The van der Waals surface area contributed by atoms with Crippen LogP contribution in [0.2, 0.25) is 0 Å². The van der Waals surface area contributed by atoms with Crippen molar-refractivity contribution in [2.75, 3.05) is 41.0 Å². The van der Waals surface area contributed by atoms with Crippen molar-refractivity contribution in [2.24, 2.45) is 0 Å². The zero-order chi connectivity index (χ0) is 42.8. The van der Waals surface area contributed by atoms with Gasteiger partial charge in [0.05, 0.1) is 40.3 Å². The normalized spacial score (nSPS) is 14.3. The summed E-state index contributed by atoms with van der Waals surface area (Å²) in [5.41, 5.74) is 0. The Hall–Kier alpha value is -4.53. The third-order valence-electron chi connectivity index (χ3n) is 8.44. The molecule has 0 N–H and O–H groups in total. The van der Waals surface area contributed by atoms with Gasteiger partial charge in [0.25, 0.3) is 0 Å². The molecule has 0 aliphatic rings. The van der Waals surface area contributed by atoms with E-state index in [2.05, 4.69) is 86.8 Å². The number of quaternary nitrogens is 1. The molecule has 0 saturated carbocycles. The molecule has 0 aliphatic heterocycles. The second-order valence-electron chi connectivity index (χ2n) is 14.6. The first-order valence-corrected chi connectivity index (χ1v) is 21.3. The van der Waals surface area contributed by atoms with E-state index in [-0.39, 0.29) is 49.5 Å². The fraction of sp³-hybridized carbons (Fsp3) is 0.500. The number of allylic oxidation sites excluding steroid dienone is 22. The molecule has 0 aromatic heterocycles. The monoisotopic (exact) mass is 802 g/mol. The SMILES string of the molecule is CC/C=C/C=C/C=C/C=C/C=C/C=C/CCCCCC(=O)OCC(COCCC(C(=O)[O-])[N+](C)(C)C)OC(=O)CCC/C=C/C/C=C/C/C=C/C/C=C/C/C=C/CC. The van der Waals surface area contributed by atoms with Gasteiger partial charge in [-0.15, -0.1) is 0 Å². The van der Waals surface area contributed by atoms with Crippen molar-refractivity contribution in [3.8, 4) is 0 Å². The van der Waals surface area contributed by atoms with Crippen molar-refractivity contribution in [3.63, 3.8) is 0 Å². The molecule has 0 aromatic rings. The number of likely N-dealkylation sites (N-methyl/N-ethyl adjacent to an activating group) is 1. The number of carbonyl (C=O) groups excluding carboxylic acids is 3. The Bertz CT molecular complexity index is 1400. The highest BCUT2D eigenvalue weighted by molar-refractivity contribution is 5.70. The lowest BCUT2D eigenvalue weighted by Crippen LogP contribution is -2.55. The van der Waals surface area contributed by atoms with Crippen molar-refractivity contribution in [2.45, 2.75) is 122 Å². The molecule has 0 aliphatic carbocycles. The third kappa shape index (κ3) is 37.1. The molecule has 0 saturated heterocycles. The van der Waals surface area contributed by atoms with Crippen LogP contribution in [0.1, 0.15) is 110 Å². The molecule has 0 rings (SSSR count). The number of hydrogen-bond donors (Lipinski definition) is 0. The molecular weight excluding hydrogens is 727 g/mol. The molecule has 0 amide bonds. The highest BCUT2D eigenvalue weighted by atomic mass is 16.6. The maximum absolute atomic E-state index is 12.7. The standard InChI is InChI=1S/C50H75NO7/c1-6-8-10-12-14-16-18-20-22-24-26-28-30-32-34-36-38-40-48(52)57-45-46(44-56-43-42-47(50(54)55)51(3,4)5)58-49(53)41-39-37-35-33-31-29-27-25-23-21-19-17-15-13-11-9-7-2/h8-12,14-18,20-24,26-30,33,35,46-47H,6-7,13,19,25,31-32,34,36-45H2,1-5H3/b10-8+,11-9+,14-12+,17-15+,18-16+,22-20+,23-21+,26-24+,29-27+,30-28+,35-33+. The molecule has 0 fully saturated rings. The lowest BCUT2D eigenvalue weighted by atomic mass is 10.1. The minimum atomic E-state index is -1.15. The van der Waals surface area contributed by atoms with Crippen LogP contribution in [0.25, 0.3) is 0 Å². The van der Waals surface area contributed by atoms with Crippen LogP contribution in [0.3, 0.4) is 0 Å². The average Bonchev–Trinajstić information content (AvgIpc) is 3.18. The zero-order valence-electron chi connectivity index (χ0n) is 36.4. The van der Waals surface area contributed by atoms with E-state index in [0.29, 0.717) is 12.8 Å². The topological polar surface area (TPSA) is 102 Å². The van der Waals surface area contributed by atoms with Crippen LogP contribution in [-0.4, -0.2) is 75.5 Å². The number of esters is 2. The molecule has 0 aromatic carbocycles. The highest BCUT2D eigenvalue weighted by Crippen LogP contribution is 2.10. The number of ether oxygens (including phenoxy) is 3. The fourth-order valence-corrected chi connectivity index (χ4v) is 5.19. The summed E-state index contributed by atoms with van der Waals surface area (Å²) in [5, 5.41) is 11.6. The van der Waals surface area contributed by atoms with E-state index < -0.39 is 24.1 Å². The van der Waals surface area contributed by atoms with Crippen LogP contribution in [-0.2, 0) is 28.6 Å². The van der Waals surface area contributed by atoms with E-state index >= 15 is 0 Å². The molecular formula is C50H75NO7. The van der Waals surface area contributed by atoms with Crippen molar-refractivity contribution < 1.29 is 38.2 Å². The van der Waals surface area contributed by atoms with E-state index in [9.17, 15) is 19.5 Å². The highest BCUT2D eigenvalue weighted by Gasteiger charge is 2.25. The number of rotatable bonds is 35. The van der Waals surface area contributed by atoms with Gasteiger partial charge in [0.1, 0.15) is 12.6 Å². The molecule has 8 nitrogen and oxygen atoms in total. The molecule has 0 heterocycles. The summed E-state index contributed by atoms with van der Waals surface area (Å²) in [6, 6.07) is -0.752. The second kappa shape index (κ2) is 39.3. The molecule has 2 atom stereocenters. The lowest BCUT2D eigenvalue weighted by Gasteiger charge is -2.34. The molecule has 58 heavy (non-hydrogen) atoms. The summed E-state index contributed by atoms with van der Waals surface area (Å²) >= 11 is 0. The second-order valence-corrected chi connectivity index (χ2v) is 14.6. The molecule has 322 valence electrons. The first kappa shape index (κ1) is 53.5. The Labute approximate surface area is 352 Å². The van der Waals surface area contributed by atoms with Crippen LogP contribution in [0.4, 0.5) is 0 Å². The van der Waals surface area contributed by atoms with E-state index in [1.807, 2.05) is 60.8 Å². The number of unbranched alkanes of at least 4 members (excludes halogenated alkanes) is 4. The fourth-order valence-electron chi connectivity index (χ4n) is 5.19. The molecule has 0 bridgehead atoms. The summed E-state index contributed by atoms with van der Waals surface area (Å²) in [5.74, 6) is -1.89. The van der Waals surface area contributed by atoms with Gasteiger partial charge in [0.15, 0.2) is 6.10 Å². The summed E-state index contributed by atoms with van der Waals surface area (Å²) in [6.07, 6.45) is 56.3. The number of carboxylic acids is 1. The molecule has 2 unspecified atom stereocenters. The Morgan fingerprint density at radius 2 is 1.02 bits per heavy atom. The molecule has 8 heteroatoms. The van der Waals surface area contributed by atoms with Gasteiger partial charge in [0, 0.05) is 19.3 Å². The number of hydrogen-bond acceptors (Lipinski definition) is 7. The largest absolute Gasteiger partial charge is 0.544 e. The number of nitrogens with zero attached hydrogens (tertiary/aromatic N) is 1. The van der Waals surface area contributed by atoms with Gasteiger partial charge in [-0.3, -0.25) is 9.59 Å². The summed E-state index contributed by atoms with van der Waals surface area (Å²) < 4.78 is 17.0. The van der Waals surface area contributed by atoms with Crippen molar-refractivity contribution in [1.82, 2.24) is 0 Å². The van der Waals surface area contributed by atoms with Gasteiger partial charge in [-0.1, -0.05) is 154 Å². The van der Waals surface area contributed by atoms with E-state index in [0.717, 1.165) is 64.2 Å². The van der Waals surface area contributed by atoms with Crippen LogP contribution in [0, 0.1) is 0 Å². The maximum atomic E-state index is 12.7. The van der Waals surface area contributed by atoms with Crippen molar-refractivity contribution in [1.29, 1.82) is 0 Å². The Balaban J connectivity index is 4.60. The number of carbonyl (C=O) groups is 3. The predicted molar refractivity (Wildman–Crippen MR) is 240 cm³/mol. The van der Waals surface area contributed by atoms with Crippen molar-refractivity contribution in [3.05, 3.63) is 134 Å². The predicted octanol–water partition coefficient (Wildman–Crippen LogP) is 10.3. The van der Waals surface area contributed by atoms with Gasteiger partial charge in [-0.05, 0) is 70.6 Å². The Kier molecular flexibility index (Phi) is 36.2. The van der Waals surface area contributed by atoms with Gasteiger partial charge in [-0.25, -0.2) is 0 Å². The quantitative estimate of drug-likeness (QED) is 0.0207. The van der Waals surface area contributed by atoms with Crippen LogP contribution >= 0.6 is 0 Å². The number of aliphatic carboxylic acids is 1. The van der Waals surface area contributed by atoms with Crippen LogP contribution in [0.5, 0.6) is 0 Å². The van der Waals surface area contributed by atoms with Crippen molar-refractivity contribution >= 4 is 17.9 Å². The lowest BCUT2D eigenvalue weighted by molar-refractivity contribution is -0.889. The van der Waals surface area contributed by atoms with Crippen LogP contribution in [0.15, 0.2) is 134 Å². The summed E-state index contributed by atoms with van der Waals surface area (Å²) in [7, 11) is 5.35. The summed E-state index contributed by atoms with van der Waals surface area (Å²) in [6.45, 7) is 4.25. The summed E-state index contributed by atoms with van der Waals surface area (Å²) in [4.78, 5) is 36.8. The number of carboxylic acid groups (broad SMARTS) is 1. The average molecular weight is 802 g/mol. The first-order chi connectivity index (χ1) is 28.1. The van der Waals surface area contributed by atoms with Gasteiger partial charge >= 0.3 is 11.9 Å². The third-order valence-corrected chi connectivity index (χ3v) is 8.44. The zero-order valence-corrected chi connectivity index (χ0v) is 36.4.